The van der Waals surface area contributed by atoms with Crippen molar-refractivity contribution in [2.24, 2.45) is 5.92 Å². The van der Waals surface area contributed by atoms with Crippen molar-refractivity contribution in [2.45, 2.75) is 52.7 Å². The summed E-state index contributed by atoms with van der Waals surface area (Å²) in [6, 6.07) is 8.16. The summed E-state index contributed by atoms with van der Waals surface area (Å²) in [6.45, 7) is 9.13. The Morgan fingerprint density at radius 2 is 2.00 bits per heavy atom. The number of aryl methyl sites for hydroxylation is 1. The third kappa shape index (κ3) is 2.66. The summed E-state index contributed by atoms with van der Waals surface area (Å²) in [5.74, 6) is 1.24. The number of benzene rings is 1. The van der Waals surface area contributed by atoms with Crippen LogP contribution in [0.15, 0.2) is 24.3 Å². The number of nitrogens with zero attached hydrogens (tertiary/aromatic N) is 2. The molecule has 0 spiro atoms. The van der Waals surface area contributed by atoms with E-state index in [1.807, 2.05) is 25.1 Å². The third-order valence-corrected chi connectivity index (χ3v) is 4.24. The predicted molar refractivity (Wildman–Crippen MR) is 79.2 cm³/mol. The highest BCUT2D eigenvalue weighted by molar-refractivity contribution is 5.75. The molecule has 19 heavy (non-hydrogen) atoms. The van der Waals surface area contributed by atoms with Crippen LogP contribution in [0.25, 0.3) is 11.0 Å². The Bertz CT molecular complexity index is 557. The van der Waals surface area contributed by atoms with Crippen LogP contribution < -0.4 is 0 Å². The van der Waals surface area contributed by atoms with Crippen LogP contribution in [0.5, 0.6) is 0 Å². The number of para-hydroxylation sites is 2. The molecule has 0 amide bonds. The molecule has 1 N–H and O–H groups in total. The van der Waals surface area contributed by atoms with Gasteiger partial charge in [0.2, 0.25) is 0 Å². The maximum atomic E-state index is 10.6. The topological polar surface area (TPSA) is 38.1 Å². The molecule has 1 aromatic carbocycles. The van der Waals surface area contributed by atoms with Gasteiger partial charge in [0.15, 0.2) is 0 Å². The highest BCUT2D eigenvalue weighted by Gasteiger charge is 2.29. The van der Waals surface area contributed by atoms with Gasteiger partial charge in [-0.05, 0) is 31.9 Å². The summed E-state index contributed by atoms with van der Waals surface area (Å²) in [6.07, 6.45) is 1.57. The van der Waals surface area contributed by atoms with Crippen molar-refractivity contribution in [3.8, 4) is 0 Å². The van der Waals surface area contributed by atoms with Crippen molar-refractivity contribution in [2.75, 3.05) is 0 Å². The molecule has 1 heterocycles. The lowest BCUT2D eigenvalue weighted by molar-refractivity contribution is 0.00287. The Labute approximate surface area is 115 Å². The fourth-order valence-corrected chi connectivity index (χ4v) is 2.55. The maximum absolute atomic E-state index is 10.6. The second-order valence-corrected chi connectivity index (χ2v) is 5.60. The number of aliphatic hydroxyl groups is 1. The average molecular weight is 260 g/mol. The van der Waals surface area contributed by atoms with Gasteiger partial charge < -0.3 is 9.67 Å². The number of rotatable bonds is 5. The Balaban J connectivity index is 2.40. The van der Waals surface area contributed by atoms with Crippen LogP contribution in [0.4, 0.5) is 0 Å². The van der Waals surface area contributed by atoms with E-state index in [1.165, 1.54) is 0 Å². The van der Waals surface area contributed by atoms with E-state index in [1.54, 1.807) is 0 Å². The van der Waals surface area contributed by atoms with Crippen LogP contribution in [0.2, 0.25) is 0 Å². The van der Waals surface area contributed by atoms with Gasteiger partial charge in [0, 0.05) is 13.0 Å². The van der Waals surface area contributed by atoms with Gasteiger partial charge in [0.25, 0.3) is 0 Å². The first-order chi connectivity index (χ1) is 8.99. The lowest BCUT2D eigenvalue weighted by atomic mass is 9.85. The number of hydrogen-bond acceptors (Lipinski definition) is 2. The van der Waals surface area contributed by atoms with E-state index in [-0.39, 0.29) is 5.92 Å². The smallest absolute Gasteiger partial charge is 0.112 e. The molecule has 0 fully saturated rings. The molecule has 0 radical (unpaired) electrons. The largest absolute Gasteiger partial charge is 0.389 e. The standard InChI is InChI=1S/C16H24N2O/c1-5-12(3)16(4,19)11-15-17-13-9-7-8-10-14(13)18(15)6-2/h7-10,12,19H,5-6,11H2,1-4H3. The van der Waals surface area contributed by atoms with E-state index < -0.39 is 5.60 Å². The third-order valence-electron chi connectivity index (χ3n) is 4.24. The number of aromatic nitrogens is 2. The summed E-state index contributed by atoms with van der Waals surface area (Å²) in [5.41, 5.74) is 1.46. The summed E-state index contributed by atoms with van der Waals surface area (Å²) < 4.78 is 2.20. The first kappa shape index (κ1) is 14.1. The zero-order valence-electron chi connectivity index (χ0n) is 12.3. The van der Waals surface area contributed by atoms with Gasteiger partial charge in [-0.25, -0.2) is 4.98 Å². The molecule has 0 saturated heterocycles. The Morgan fingerprint density at radius 1 is 1.32 bits per heavy atom. The predicted octanol–water partition coefficient (Wildman–Crippen LogP) is 3.40. The van der Waals surface area contributed by atoms with E-state index >= 15 is 0 Å². The molecule has 0 bridgehead atoms. The molecule has 2 atom stereocenters. The van der Waals surface area contributed by atoms with Crippen molar-refractivity contribution in [3.63, 3.8) is 0 Å². The molecule has 2 rings (SSSR count). The van der Waals surface area contributed by atoms with Gasteiger partial charge in [0.1, 0.15) is 5.82 Å². The van der Waals surface area contributed by atoms with E-state index in [2.05, 4.69) is 36.4 Å². The molecule has 2 aromatic rings. The quantitative estimate of drug-likeness (QED) is 0.894. The van der Waals surface area contributed by atoms with Crippen LogP contribution in [-0.2, 0) is 13.0 Å². The monoisotopic (exact) mass is 260 g/mol. The van der Waals surface area contributed by atoms with Crippen LogP contribution in [-0.4, -0.2) is 20.3 Å². The van der Waals surface area contributed by atoms with Gasteiger partial charge in [0.05, 0.1) is 16.6 Å². The molecule has 3 nitrogen and oxygen atoms in total. The summed E-state index contributed by atoms with van der Waals surface area (Å²) in [7, 11) is 0. The molecule has 0 saturated carbocycles. The zero-order valence-corrected chi connectivity index (χ0v) is 12.3. The van der Waals surface area contributed by atoms with Gasteiger partial charge in [-0.3, -0.25) is 0 Å². The van der Waals surface area contributed by atoms with Gasteiger partial charge >= 0.3 is 0 Å². The minimum absolute atomic E-state index is 0.262. The Morgan fingerprint density at radius 3 is 2.63 bits per heavy atom. The van der Waals surface area contributed by atoms with E-state index in [4.69, 9.17) is 0 Å². The molecule has 1 aromatic heterocycles. The van der Waals surface area contributed by atoms with Crippen LogP contribution >= 0.6 is 0 Å². The van der Waals surface area contributed by atoms with Crippen LogP contribution in [0.3, 0.4) is 0 Å². The maximum Gasteiger partial charge on any atom is 0.112 e. The fourth-order valence-electron chi connectivity index (χ4n) is 2.55. The Hall–Kier alpha value is -1.35. The number of imidazole rings is 1. The van der Waals surface area contributed by atoms with Crippen LogP contribution in [0.1, 0.15) is 39.9 Å². The number of fused-ring (bicyclic) bond motifs is 1. The minimum atomic E-state index is -0.705. The second-order valence-electron chi connectivity index (χ2n) is 5.60. The van der Waals surface area contributed by atoms with E-state index in [9.17, 15) is 5.11 Å². The average Bonchev–Trinajstić information content (AvgIpc) is 2.73. The van der Waals surface area contributed by atoms with E-state index in [0.717, 1.165) is 29.8 Å². The van der Waals surface area contributed by atoms with Crippen molar-refractivity contribution < 1.29 is 5.11 Å². The van der Waals surface area contributed by atoms with Crippen molar-refractivity contribution >= 4 is 11.0 Å². The fraction of sp³-hybridized carbons (Fsp3) is 0.562. The second kappa shape index (κ2) is 5.33. The van der Waals surface area contributed by atoms with E-state index in [0.29, 0.717) is 6.42 Å². The lowest BCUT2D eigenvalue weighted by Crippen LogP contribution is -2.36. The van der Waals surface area contributed by atoms with Crippen molar-refractivity contribution in [1.29, 1.82) is 0 Å². The molecule has 3 heteroatoms. The highest BCUT2D eigenvalue weighted by atomic mass is 16.3. The molecule has 104 valence electrons. The molecule has 0 aliphatic heterocycles. The minimum Gasteiger partial charge on any atom is -0.389 e. The molecule has 2 unspecified atom stereocenters. The molecular weight excluding hydrogens is 236 g/mol. The van der Waals surface area contributed by atoms with Gasteiger partial charge in [-0.1, -0.05) is 32.4 Å². The first-order valence-electron chi connectivity index (χ1n) is 7.16. The zero-order chi connectivity index (χ0) is 14.0. The van der Waals surface area contributed by atoms with Gasteiger partial charge in [-0.15, -0.1) is 0 Å². The molecule has 0 aliphatic carbocycles. The normalized spacial score (nSPS) is 16.5. The SMILES string of the molecule is CCC(C)C(C)(O)Cc1nc2ccccc2n1CC. The van der Waals surface area contributed by atoms with Gasteiger partial charge in [-0.2, -0.15) is 0 Å². The number of hydrogen-bond donors (Lipinski definition) is 1. The summed E-state index contributed by atoms with van der Waals surface area (Å²) in [5, 5.41) is 10.6. The highest BCUT2D eigenvalue weighted by Crippen LogP contribution is 2.26. The molecular formula is C16H24N2O. The Kier molecular flexibility index (Phi) is 3.95. The first-order valence-corrected chi connectivity index (χ1v) is 7.16. The summed E-state index contributed by atoms with van der Waals surface area (Å²) >= 11 is 0. The van der Waals surface area contributed by atoms with Crippen molar-refractivity contribution in [3.05, 3.63) is 30.1 Å². The summed E-state index contributed by atoms with van der Waals surface area (Å²) in [4.78, 5) is 4.69. The lowest BCUT2D eigenvalue weighted by Gasteiger charge is -2.29. The van der Waals surface area contributed by atoms with Crippen molar-refractivity contribution in [1.82, 2.24) is 9.55 Å². The molecule has 0 aliphatic rings. The van der Waals surface area contributed by atoms with Crippen LogP contribution in [0, 0.1) is 5.92 Å².